The van der Waals surface area contributed by atoms with Gasteiger partial charge in [-0.05, 0) is 26.0 Å². The molecule has 0 radical (unpaired) electrons. The fraction of sp³-hybridized carbons (Fsp3) is 0.333. The van der Waals surface area contributed by atoms with Crippen molar-refractivity contribution in [3.05, 3.63) is 53.8 Å². The van der Waals surface area contributed by atoms with E-state index in [0.717, 1.165) is 14.6 Å². The zero-order valence-corrected chi connectivity index (χ0v) is 13.3. The second-order valence-electron chi connectivity index (χ2n) is 5.19. The average molecular weight is 306 g/mol. The zero-order chi connectivity index (χ0) is 14.8. The topological polar surface area (TPSA) is 29.3 Å². The van der Waals surface area contributed by atoms with Crippen LogP contribution in [0.2, 0.25) is 0 Å². The Labute approximate surface area is 129 Å². The summed E-state index contributed by atoms with van der Waals surface area (Å²) in [6.45, 7) is 8.41. The van der Waals surface area contributed by atoms with Crippen LogP contribution in [0.5, 0.6) is 0 Å². The summed E-state index contributed by atoms with van der Waals surface area (Å²) in [5.74, 6) is 0. The summed E-state index contributed by atoms with van der Waals surface area (Å²) in [5.41, 5.74) is 0.889. The van der Waals surface area contributed by atoms with Crippen molar-refractivity contribution in [1.82, 2.24) is 4.90 Å². The van der Waals surface area contributed by atoms with E-state index in [1.54, 1.807) is 24.1 Å². The van der Waals surface area contributed by atoms with Gasteiger partial charge in [0.05, 0.1) is 0 Å². The lowest BCUT2D eigenvalue weighted by molar-refractivity contribution is -0.523. The Balaban J connectivity index is 2.34. The van der Waals surface area contributed by atoms with Crippen molar-refractivity contribution >= 4 is 34.5 Å². The molecule has 0 aromatic heterocycles. The van der Waals surface area contributed by atoms with Crippen molar-refractivity contribution < 1.29 is 4.74 Å². The fourth-order valence-electron chi connectivity index (χ4n) is 2.33. The number of thioether (sulfide) groups is 1. The summed E-state index contributed by atoms with van der Waals surface area (Å²) in [4.78, 5) is 1.93. The van der Waals surface area contributed by atoms with Gasteiger partial charge in [0.15, 0.2) is 6.21 Å². The molecule has 1 aliphatic rings. The first-order chi connectivity index (χ1) is 9.45. The maximum atomic E-state index is 12.6. The molecule has 0 unspecified atom stereocenters. The quantitative estimate of drug-likeness (QED) is 0.213. The van der Waals surface area contributed by atoms with Crippen LogP contribution in [0.25, 0.3) is 0 Å². The molecule has 0 aliphatic carbocycles. The molecule has 1 aliphatic heterocycles. The van der Waals surface area contributed by atoms with Crippen molar-refractivity contribution in [1.29, 1.82) is 0 Å². The predicted octanol–water partition coefficient (Wildman–Crippen LogP) is 3.24. The van der Waals surface area contributed by atoms with Gasteiger partial charge >= 0.3 is 0 Å². The normalized spacial score (nSPS) is 22.1. The monoisotopic (exact) mass is 306 g/mol. The SMILES string of the molecule is C=CCN1C(=S)SC(C)(C)[C@@H]1[N+]([O-])=Cc1ccccc1. The number of rotatable bonds is 4. The van der Waals surface area contributed by atoms with Crippen molar-refractivity contribution in [2.75, 3.05) is 6.54 Å². The molecule has 1 heterocycles. The van der Waals surface area contributed by atoms with E-state index in [-0.39, 0.29) is 10.9 Å². The number of hydrogen-bond acceptors (Lipinski definition) is 3. The van der Waals surface area contributed by atoms with E-state index >= 15 is 0 Å². The third kappa shape index (κ3) is 3.04. The first kappa shape index (κ1) is 15.1. The molecule has 1 aromatic carbocycles. The van der Waals surface area contributed by atoms with Crippen LogP contribution in [0.3, 0.4) is 0 Å². The highest BCUT2D eigenvalue weighted by atomic mass is 32.2. The predicted molar refractivity (Wildman–Crippen MR) is 90.2 cm³/mol. The molecule has 0 bridgehead atoms. The Morgan fingerprint density at radius 2 is 2.10 bits per heavy atom. The minimum atomic E-state index is -0.321. The summed E-state index contributed by atoms with van der Waals surface area (Å²) in [5, 5.41) is 12.6. The molecule has 20 heavy (non-hydrogen) atoms. The Morgan fingerprint density at radius 3 is 2.70 bits per heavy atom. The minimum Gasteiger partial charge on any atom is -0.622 e. The van der Waals surface area contributed by atoms with Gasteiger partial charge in [0, 0.05) is 12.1 Å². The third-order valence-corrected chi connectivity index (χ3v) is 4.78. The van der Waals surface area contributed by atoms with Crippen molar-refractivity contribution in [2.45, 2.75) is 24.8 Å². The van der Waals surface area contributed by atoms with Gasteiger partial charge in [0.1, 0.15) is 9.07 Å². The first-order valence-corrected chi connectivity index (χ1v) is 7.64. The van der Waals surface area contributed by atoms with Crippen LogP contribution in [0.4, 0.5) is 0 Å². The van der Waals surface area contributed by atoms with E-state index in [1.165, 1.54) is 0 Å². The minimum absolute atomic E-state index is 0.257. The molecule has 1 atom stereocenters. The first-order valence-electron chi connectivity index (χ1n) is 6.41. The number of benzene rings is 1. The molecule has 0 spiro atoms. The van der Waals surface area contributed by atoms with Gasteiger partial charge in [-0.15, -0.1) is 6.58 Å². The maximum absolute atomic E-state index is 12.6. The molecule has 1 aromatic rings. The summed E-state index contributed by atoms with van der Waals surface area (Å²) in [6, 6.07) is 9.59. The molecule has 0 saturated carbocycles. The molecule has 106 valence electrons. The molecule has 1 saturated heterocycles. The van der Waals surface area contributed by atoms with E-state index in [1.807, 2.05) is 49.1 Å². The largest absolute Gasteiger partial charge is 0.622 e. The van der Waals surface area contributed by atoms with Gasteiger partial charge in [0.2, 0.25) is 0 Å². The highest BCUT2D eigenvalue weighted by Crippen LogP contribution is 2.41. The molecule has 5 heteroatoms. The van der Waals surface area contributed by atoms with Crippen LogP contribution < -0.4 is 0 Å². The van der Waals surface area contributed by atoms with Crippen LogP contribution in [0.1, 0.15) is 19.4 Å². The van der Waals surface area contributed by atoms with Gasteiger partial charge < -0.3 is 5.21 Å². The Morgan fingerprint density at radius 1 is 1.45 bits per heavy atom. The fourth-order valence-corrected chi connectivity index (χ4v) is 4.22. The van der Waals surface area contributed by atoms with Crippen LogP contribution in [0, 0.1) is 5.21 Å². The van der Waals surface area contributed by atoms with Crippen molar-refractivity contribution in [3.63, 3.8) is 0 Å². The van der Waals surface area contributed by atoms with Crippen LogP contribution >= 0.6 is 24.0 Å². The second kappa shape index (κ2) is 5.97. The lowest BCUT2D eigenvalue weighted by Crippen LogP contribution is -2.47. The van der Waals surface area contributed by atoms with Gasteiger partial charge in [-0.2, -0.15) is 4.74 Å². The van der Waals surface area contributed by atoms with Crippen molar-refractivity contribution in [2.24, 2.45) is 0 Å². The Hall–Kier alpha value is -1.33. The van der Waals surface area contributed by atoms with E-state index in [0.29, 0.717) is 6.54 Å². The van der Waals surface area contributed by atoms with E-state index in [2.05, 4.69) is 6.58 Å². The summed E-state index contributed by atoms with van der Waals surface area (Å²) in [7, 11) is 0. The summed E-state index contributed by atoms with van der Waals surface area (Å²) in [6.07, 6.45) is 3.08. The molecule has 2 rings (SSSR count). The van der Waals surface area contributed by atoms with Crippen LogP contribution in [-0.4, -0.2) is 37.6 Å². The molecule has 3 nitrogen and oxygen atoms in total. The highest BCUT2D eigenvalue weighted by molar-refractivity contribution is 8.24. The lowest BCUT2D eigenvalue weighted by atomic mass is 10.1. The van der Waals surface area contributed by atoms with Gasteiger partial charge in [0.25, 0.3) is 6.17 Å². The van der Waals surface area contributed by atoms with Gasteiger partial charge in [-0.25, -0.2) is 0 Å². The molecule has 0 N–H and O–H groups in total. The molecular formula is C15H18N2OS2. The van der Waals surface area contributed by atoms with Crippen molar-refractivity contribution in [3.8, 4) is 0 Å². The number of hydroxylamine groups is 1. The number of hydrogen-bond donors (Lipinski definition) is 0. The molecule has 1 fully saturated rings. The van der Waals surface area contributed by atoms with E-state index < -0.39 is 0 Å². The van der Waals surface area contributed by atoms with Gasteiger partial charge in [-0.1, -0.05) is 48.3 Å². The third-order valence-electron chi connectivity index (χ3n) is 3.14. The lowest BCUT2D eigenvalue weighted by Gasteiger charge is -2.29. The standard InChI is InChI=1S/C15H18N2OS2/c1-4-10-16-13(15(2,3)20-14(16)19)17(18)11-12-8-6-5-7-9-12/h4-9,11,13H,1,10H2,2-3H3/t13-/m0/s1. The van der Waals surface area contributed by atoms with Gasteiger partial charge in [-0.3, -0.25) is 4.90 Å². The molecular weight excluding hydrogens is 288 g/mol. The van der Waals surface area contributed by atoms with E-state index in [9.17, 15) is 5.21 Å². The van der Waals surface area contributed by atoms with Crippen LogP contribution in [0.15, 0.2) is 43.0 Å². The summed E-state index contributed by atoms with van der Waals surface area (Å²) >= 11 is 6.94. The maximum Gasteiger partial charge on any atom is 0.254 e. The smallest absolute Gasteiger partial charge is 0.254 e. The summed E-state index contributed by atoms with van der Waals surface area (Å²) < 4.78 is 1.50. The Kier molecular flexibility index (Phi) is 4.50. The average Bonchev–Trinajstić information content (AvgIpc) is 2.60. The number of nitrogens with zero attached hydrogens (tertiary/aromatic N) is 2. The molecule has 0 amide bonds. The second-order valence-corrected chi connectivity index (χ2v) is 7.47. The zero-order valence-electron chi connectivity index (χ0n) is 11.7. The van der Waals surface area contributed by atoms with Crippen LogP contribution in [-0.2, 0) is 0 Å². The highest BCUT2D eigenvalue weighted by Gasteiger charge is 2.49. The number of thiocarbonyl (C=S) groups is 1. The Bertz CT molecular complexity index is 540. The van der Waals surface area contributed by atoms with E-state index in [4.69, 9.17) is 12.2 Å².